The van der Waals surface area contributed by atoms with Gasteiger partial charge in [0.15, 0.2) is 0 Å². The molecule has 4 heterocycles. The summed E-state index contributed by atoms with van der Waals surface area (Å²) in [6, 6.07) is 8.54. The quantitative estimate of drug-likeness (QED) is 0.739. The van der Waals surface area contributed by atoms with Crippen molar-refractivity contribution in [3.8, 4) is 11.3 Å². The topological polar surface area (TPSA) is 80.2 Å². The van der Waals surface area contributed by atoms with E-state index < -0.39 is 0 Å². The number of aromatic nitrogens is 3. The fraction of sp³-hybridized carbons (Fsp3) is 0.364. The molecule has 1 N–H and O–H groups in total. The number of hydrogen-bond donors (Lipinski definition) is 1. The van der Waals surface area contributed by atoms with Gasteiger partial charge in [0.25, 0.3) is 0 Å². The number of pyridine rings is 1. The van der Waals surface area contributed by atoms with Crippen LogP contribution in [0.3, 0.4) is 0 Å². The van der Waals surface area contributed by atoms with Crippen molar-refractivity contribution in [3.05, 3.63) is 49.1 Å². The van der Waals surface area contributed by atoms with E-state index in [0.717, 1.165) is 61.2 Å². The molecule has 29 heavy (non-hydrogen) atoms. The number of piperidine rings is 1. The Labute approximate surface area is 169 Å². The van der Waals surface area contributed by atoms with Gasteiger partial charge in [0.2, 0.25) is 5.91 Å². The molecule has 1 amide bonds. The van der Waals surface area contributed by atoms with Gasteiger partial charge in [-0.2, -0.15) is 0 Å². The Bertz CT molecular complexity index is 1010. The minimum Gasteiger partial charge on any atom is -0.378 e. The van der Waals surface area contributed by atoms with E-state index in [-0.39, 0.29) is 11.8 Å². The molecule has 0 atom stereocenters. The van der Waals surface area contributed by atoms with E-state index in [1.807, 2.05) is 18.2 Å². The van der Waals surface area contributed by atoms with E-state index in [1.165, 1.54) is 0 Å². The molecule has 0 bridgehead atoms. The number of benzene rings is 1. The molecule has 2 fully saturated rings. The summed E-state index contributed by atoms with van der Waals surface area (Å²) in [5, 5.41) is 5.05. The number of carbonyl (C=O) groups is 1. The van der Waals surface area contributed by atoms with Gasteiger partial charge in [-0.1, -0.05) is 12.1 Å². The Hall–Kier alpha value is -2.90. The van der Waals surface area contributed by atoms with E-state index in [1.54, 1.807) is 24.8 Å². The summed E-state index contributed by atoms with van der Waals surface area (Å²) >= 11 is 0. The van der Waals surface area contributed by atoms with Crippen LogP contribution >= 0.6 is 0 Å². The molecule has 5 rings (SSSR count). The molecule has 1 aromatic carbocycles. The first kappa shape index (κ1) is 18.1. The zero-order valence-electron chi connectivity index (χ0n) is 16.1. The van der Waals surface area contributed by atoms with Gasteiger partial charge in [0, 0.05) is 35.5 Å². The molecule has 2 aliphatic heterocycles. The Balaban J connectivity index is 1.28. The summed E-state index contributed by atoms with van der Waals surface area (Å²) in [5.74, 6) is 0.690. The zero-order chi connectivity index (χ0) is 19.6. The zero-order valence-corrected chi connectivity index (χ0v) is 16.1. The number of hydrogen-bond acceptors (Lipinski definition) is 6. The summed E-state index contributed by atoms with van der Waals surface area (Å²) in [5.41, 5.74) is 1.81. The van der Waals surface area contributed by atoms with Crippen molar-refractivity contribution in [1.82, 2.24) is 19.9 Å². The van der Waals surface area contributed by atoms with Crippen LogP contribution in [-0.4, -0.2) is 58.1 Å². The van der Waals surface area contributed by atoms with Crippen LogP contribution in [0, 0.1) is 5.92 Å². The van der Waals surface area contributed by atoms with Crippen molar-refractivity contribution in [2.75, 3.05) is 31.6 Å². The highest BCUT2D eigenvalue weighted by molar-refractivity contribution is 5.95. The van der Waals surface area contributed by atoms with E-state index in [0.29, 0.717) is 11.9 Å². The fourth-order valence-electron chi connectivity index (χ4n) is 4.01. The van der Waals surface area contributed by atoms with Gasteiger partial charge in [-0.15, -0.1) is 0 Å². The molecule has 0 unspecified atom stereocenters. The number of anilines is 1. The summed E-state index contributed by atoms with van der Waals surface area (Å²) < 4.78 is 5.28. The van der Waals surface area contributed by atoms with Gasteiger partial charge in [-0.25, -0.2) is 4.98 Å². The molecule has 0 radical (unpaired) electrons. The third-order valence-corrected chi connectivity index (χ3v) is 5.87. The van der Waals surface area contributed by atoms with Crippen LogP contribution in [0.25, 0.3) is 22.0 Å². The predicted molar refractivity (Wildman–Crippen MR) is 110 cm³/mol. The van der Waals surface area contributed by atoms with Crippen LogP contribution in [0.4, 0.5) is 5.82 Å². The first-order chi connectivity index (χ1) is 14.3. The Kier molecular flexibility index (Phi) is 4.91. The summed E-state index contributed by atoms with van der Waals surface area (Å²) in [6.07, 6.45) is 8.64. The first-order valence-electron chi connectivity index (χ1n) is 10.0. The van der Waals surface area contributed by atoms with E-state index in [9.17, 15) is 4.79 Å². The number of nitrogens with zero attached hydrogens (tertiary/aromatic N) is 4. The third-order valence-electron chi connectivity index (χ3n) is 5.87. The minimum atomic E-state index is 0.0377. The van der Waals surface area contributed by atoms with Crippen molar-refractivity contribution in [1.29, 1.82) is 0 Å². The maximum Gasteiger partial charge on any atom is 0.228 e. The monoisotopic (exact) mass is 389 g/mol. The SMILES string of the molecule is O=C(Nc1cc2cc(-c3cnccn3)ccc2cn1)C1CCN(C2COC2)CC1. The Morgan fingerprint density at radius 3 is 2.62 bits per heavy atom. The number of rotatable bonds is 4. The number of fused-ring (bicyclic) bond motifs is 1. The predicted octanol–water partition coefficient (Wildman–Crippen LogP) is 2.74. The van der Waals surface area contributed by atoms with Gasteiger partial charge in [0.05, 0.1) is 31.1 Å². The number of likely N-dealkylation sites (tertiary alicyclic amines) is 1. The summed E-state index contributed by atoms with van der Waals surface area (Å²) in [7, 11) is 0. The lowest BCUT2D eigenvalue weighted by Gasteiger charge is -2.41. The maximum atomic E-state index is 12.7. The van der Waals surface area contributed by atoms with Crippen molar-refractivity contribution in [2.24, 2.45) is 5.92 Å². The third kappa shape index (κ3) is 3.83. The average molecular weight is 389 g/mol. The molecule has 2 aromatic heterocycles. The van der Waals surface area contributed by atoms with Gasteiger partial charge < -0.3 is 10.1 Å². The first-order valence-corrected chi connectivity index (χ1v) is 10.0. The molecule has 7 heteroatoms. The molecule has 2 saturated heterocycles. The van der Waals surface area contributed by atoms with Crippen LogP contribution in [0.2, 0.25) is 0 Å². The van der Waals surface area contributed by atoms with Gasteiger partial charge in [-0.05, 0) is 43.5 Å². The lowest BCUT2D eigenvalue weighted by Crippen LogP contribution is -2.52. The van der Waals surface area contributed by atoms with E-state index >= 15 is 0 Å². The fourth-order valence-corrected chi connectivity index (χ4v) is 4.01. The lowest BCUT2D eigenvalue weighted by atomic mass is 9.94. The molecule has 2 aliphatic rings. The van der Waals surface area contributed by atoms with Crippen LogP contribution < -0.4 is 5.32 Å². The van der Waals surface area contributed by atoms with Crippen molar-refractivity contribution in [3.63, 3.8) is 0 Å². The highest BCUT2D eigenvalue weighted by Crippen LogP contribution is 2.26. The Morgan fingerprint density at radius 1 is 1.03 bits per heavy atom. The van der Waals surface area contributed by atoms with E-state index in [2.05, 4.69) is 31.2 Å². The summed E-state index contributed by atoms with van der Waals surface area (Å²) in [4.78, 5) is 28.1. The lowest BCUT2D eigenvalue weighted by molar-refractivity contribution is -0.123. The van der Waals surface area contributed by atoms with Gasteiger partial charge in [0.1, 0.15) is 5.82 Å². The van der Waals surface area contributed by atoms with Crippen molar-refractivity contribution >= 4 is 22.5 Å². The smallest absolute Gasteiger partial charge is 0.228 e. The normalized spacial score (nSPS) is 18.5. The molecule has 7 nitrogen and oxygen atoms in total. The van der Waals surface area contributed by atoms with Crippen LogP contribution in [0.5, 0.6) is 0 Å². The number of carbonyl (C=O) groups excluding carboxylic acids is 1. The molecule has 0 saturated carbocycles. The Morgan fingerprint density at radius 2 is 1.90 bits per heavy atom. The minimum absolute atomic E-state index is 0.0377. The summed E-state index contributed by atoms with van der Waals surface area (Å²) in [6.45, 7) is 3.57. The second-order valence-corrected chi connectivity index (χ2v) is 7.71. The molecular formula is C22H23N5O2. The number of nitrogens with one attached hydrogen (secondary N) is 1. The standard InChI is InChI=1S/C22H23N5O2/c28-22(15-3-7-27(8-4-15)19-13-29-14-19)26-21-10-18-9-16(1-2-17(18)11-25-21)20-12-23-5-6-24-20/h1-2,5-6,9-12,15,19H,3-4,7-8,13-14H2,(H,25,26,28). The largest absolute Gasteiger partial charge is 0.378 e. The molecule has 148 valence electrons. The van der Waals surface area contributed by atoms with Crippen molar-refractivity contribution < 1.29 is 9.53 Å². The van der Waals surface area contributed by atoms with Crippen LogP contribution in [0.1, 0.15) is 12.8 Å². The maximum absolute atomic E-state index is 12.7. The van der Waals surface area contributed by atoms with Crippen LogP contribution in [0.15, 0.2) is 49.1 Å². The van der Waals surface area contributed by atoms with Gasteiger partial charge >= 0.3 is 0 Å². The molecule has 3 aromatic rings. The average Bonchev–Trinajstić information content (AvgIpc) is 2.73. The number of amides is 1. The molecule has 0 aliphatic carbocycles. The second kappa shape index (κ2) is 7.85. The van der Waals surface area contributed by atoms with Crippen LogP contribution in [-0.2, 0) is 9.53 Å². The highest BCUT2D eigenvalue weighted by atomic mass is 16.5. The second-order valence-electron chi connectivity index (χ2n) is 7.71. The molecular weight excluding hydrogens is 366 g/mol. The molecule has 0 spiro atoms. The van der Waals surface area contributed by atoms with E-state index in [4.69, 9.17) is 4.74 Å². The van der Waals surface area contributed by atoms with Gasteiger partial charge in [-0.3, -0.25) is 19.7 Å². The number of ether oxygens (including phenoxy) is 1. The van der Waals surface area contributed by atoms with Crippen molar-refractivity contribution in [2.45, 2.75) is 18.9 Å². The highest BCUT2D eigenvalue weighted by Gasteiger charge is 2.32.